The van der Waals surface area contributed by atoms with Gasteiger partial charge in [-0.3, -0.25) is 10.1 Å². The Hall–Kier alpha value is -1.49. The van der Waals surface area contributed by atoms with E-state index in [9.17, 15) is 10.1 Å². The van der Waals surface area contributed by atoms with Crippen LogP contribution < -0.4 is 4.74 Å². The molecule has 0 aliphatic heterocycles. The molecular formula is C13H8Cl3NO3. The maximum absolute atomic E-state index is 10.7. The first kappa shape index (κ1) is 14.9. The van der Waals surface area contributed by atoms with Crippen LogP contribution in [0.2, 0.25) is 10.0 Å². The highest BCUT2D eigenvalue weighted by Gasteiger charge is 2.13. The summed E-state index contributed by atoms with van der Waals surface area (Å²) in [5.41, 5.74) is 0.543. The molecule has 0 fully saturated rings. The van der Waals surface area contributed by atoms with Gasteiger partial charge in [0, 0.05) is 22.7 Å². The Bertz CT molecular complexity index is 661. The normalized spacial score (nSPS) is 10.3. The van der Waals surface area contributed by atoms with Crippen LogP contribution in [0, 0.1) is 10.1 Å². The summed E-state index contributed by atoms with van der Waals surface area (Å²) < 4.78 is 5.62. The Morgan fingerprint density at radius 2 is 1.90 bits per heavy atom. The Morgan fingerprint density at radius 3 is 2.50 bits per heavy atom. The van der Waals surface area contributed by atoms with Crippen molar-refractivity contribution in [2.45, 2.75) is 5.88 Å². The van der Waals surface area contributed by atoms with E-state index in [0.717, 1.165) is 0 Å². The number of nitro groups is 1. The first-order valence-corrected chi connectivity index (χ1v) is 6.76. The van der Waals surface area contributed by atoms with Crippen molar-refractivity contribution in [3.63, 3.8) is 0 Å². The van der Waals surface area contributed by atoms with Crippen molar-refractivity contribution < 1.29 is 9.66 Å². The van der Waals surface area contributed by atoms with E-state index in [2.05, 4.69) is 0 Å². The number of halogens is 3. The van der Waals surface area contributed by atoms with E-state index in [0.29, 0.717) is 22.1 Å². The SMILES string of the molecule is O=[N+]([O-])c1ccc(Oc2ccc(Cl)cc2CCl)cc1Cl. The molecule has 0 spiro atoms. The largest absolute Gasteiger partial charge is 0.457 e. The molecule has 0 saturated heterocycles. The molecule has 2 aromatic carbocycles. The van der Waals surface area contributed by atoms with Crippen molar-refractivity contribution in [1.29, 1.82) is 0 Å². The van der Waals surface area contributed by atoms with E-state index in [4.69, 9.17) is 39.5 Å². The number of hydrogen-bond acceptors (Lipinski definition) is 3. The topological polar surface area (TPSA) is 52.4 Å². The second-order valence-corrected chi connectivity index (χ2v) is 4.97. The third-order valence-corrected chi connectivity index (χ3v) is 3.34. The molecular weight excluding hydrogens is 325 g/mol. The van der Waals surface area contributed by atoms with E-state index >= 15 is 0 Å². The van der Waals surface area contributed by atoms with Gasteiger partial charge in [-0.2, -0.15) is 0 Å². The summed E-state index contributed by atoms with van der Waals surface area (Å²) in [6.07, 6.45) is 0. The minimum atomic E-state index is -0.557. The molecule has 2 rings (SSSR count). The van der Waals surface area contributed by atoms with Crippen molar-refractivity contribution >= 4 is 40.5 Å². The molecule has 7 heteroatoms. The average Bonchev–Trinajstić information content (AvgIpc) is 2.40. The molecule has 104 valence electrons. The summed E-state index contributed by atoms with van der Waals surface area (Å²) in [5.74, 6) is 1.14. The van der Waals surface area contributed by atoms with Crippen LogP contribution in [0.4, 0.5) is 5.69 Å². The van der Waals surface area contributed by atoms with Gasteiger partial charge in [0.05, 0.1) is 10.8 Å². The van der Waals surface area contributed by atoms with Gasteiger partial charge in [-0.25, -0.2) is 0 Å². The van der Waals surface area contributed by atoms with Gasteiger partial charge in [-0.05, 0) is 24.3 Å². The van der Waals surface area contributed by atoms with Crippen LogP contribution in [0.25, 0.3) is 0 Å². The van der Waals surface area contributed by atoms with Crippen LogP contribution in [0.1, 0.15) is 5.56 Å². The van der Waals surface area contributed by atoms with Gasteiger partial charge in [-0.15, -0.1) is 11.6 Å². The number of hydrogen-bond donors (Lipinski definition) is 0. The average molecular weight is 333 g/mol. The summed E-state index contributed by atoms with van der Waals surface area (Å²) in [5, 5.41) is 11.2. The van der Waals surface area contributed by atoms with Gasteiger partial charge >= 0.3 is 0 Å². The maximum Gasteiger partial charge on any atom is 0.288 e. The number of nitrogens with zero attached hydrogens (tertiary/aromatic N) is 1. The van der Waals surface area contributed by atoms with Gasteiger partial charge in [0.15, 0.2) is 0 Å². The summed E-state index contributed by atoms with van der Waals surface area (Å²) in [6.45, 7) is 0. The van der Waals surface area contributed by atoms with Crippen molar-refractivity contribution in [3.8, 4) is 11.5 Å². The molecule has 0 aliphatic carbocycles. The Kier molecular flexibility index (Phi) is 4.70. The molecule has 0 aliphatic rings. The molecule has 0 radical (unpaired) electrons. The Morgan fingerprint density at radius 1 is 1.15 bits per heavy atom. The van der Waals surface area contributed by atoms with Crippen LogP contribution in [0.15, 0.2) is 36.4 Å². The molecule has 0 atom stereocenters. The zero-order valence-corrected chi connectivity index (χ0v) is 12.2. The van der Waals surface area contributed by atoms with E-state index in [1.807, 2.05) is 0 Å². The van der Waals surface area contributed by atoms with Crippen LogP contribution in [-0.4, -0.2) is 4.92 Å². The lowest BCUT2D eigenvalue weighted by Crippen LogP contribution is -1.92. The van der Waals surface area contributed by atoms with E-state index in [-0.39, 0.29) is 16.6 Å². The summed E-state index contributed by atoms with van der Waals surface area (Å²) >= 11 is 17.5. The second-order valence-electron chi connectivity index (χ2n) is 3.86. The molecule has 0 amide bonds. The van der Waals surface area contributed by atoms with E-state index in [1.165, 1.54) is 18.2 Å². The highest BCUT2D eigenvalue weighted by Crippen LogP contribution is 2.33. The first-order valence-electron chi connectivity index (χ1n) is 5.47. The van der Waals surface area contributed by atoms with Crippen molar-refractivity contribution in [2.24, 2.45) is 0 Å². The number of alkyl halides is 1. The minimum Gasteiger partial charge on any atom is -0.457 e. The van der Waals surface area contributed by atoms with Crippen molar-refractivity contribution in [3.05, 3.63) is 62.1 Å². The third-order valence-electron chi connectivity index (χ3n) is 2.51. The quantitative estimate of drug-likeness (QED) is 0.426. The molecule has 2 aromatic rings. The lowest BCUT2D eigenvalue weighted by Gasteiger charge is -2.10. The van der Waals surface area contributed by atoms with Crippen molar-refractivity contribution in [1.82, 2.24) is 0 Å². The number of ether oxygens (including phenoxy) is 1. The molecule has 0 aromatic heterocycles. The molecule has 0 bridgehead atoms. The second kappa shape index (κ2) is 6.31. The summed E-state index contributed by atoms with van der Waals surface area (Å²) in [7, 11) is 0. The zero-order chi connectivity index (χ0) is 14.7. The van der Waals surface area contributed by atoms with Gasteiger partial charge in [0.1, 0.15) is 16.5 Å². The van der Waals surface area contributed by atoms with Gasteiger partial charge in [0.2, 0.25) is 0 Å². The summed E-state index contributed by atoms with van der Waals surface area (Å²) in [6, 6.07) is 9.17. The number of benzene rings is 2. The smallest absolute Gasteiger partial charge is 0.288 e. The monoisotopic (exact) mass is 331 g/mol. The molecule has 0 N–H and O–H groups in total. The molecule has 0 saturated carbocycles. The van der Waals surface area contributed by atoms with Crippen LogP contribution in [0.3, 0.4) is 0 Å². The van der Waals surface area contributed by atoms with E-state index < -0.39 is 4.92 Å². The standard InChI is InChI=1S/C13H8Cl3NO3/c14-7-8-5-9(15)1-4-13(8)20-10-2-3-12(17(18)19)11(16)6-10/h1-6H,7H2. The lowest BCUT2D eigenvalue weighted by atomic mass is 10.2. The fraction of sp³-hybridized carbons (Fsp3) is 0.0769. The van der Waals surface area contributed by atoms with Gasteiger partial charge in [0.25, 0.3) is 5.69 Å². The highest BCUT2D eigenvalue weighted by molar-refractivity contribution is 6.32. The van der Waals surface area contributed by atoms with Crippen LogP contribution >= 0.6 is 34.8 Å². The Balaban J connectivity index is 2.31. The fourth-order valence-corrected chi connectivity index (χ4v) is 2.22. The van der Waals surface area contributed by atoms with Gasteiger partial charge in [-0.1, -0.05) is 23.2 Å². The van der Waals surface area contributed by atoms with Gasteiger partial charge < -0.3 is 4.74 Å². The number of nitro benzene ring substituents is 1. The fourth-order valence-electron chi connectivity index (χ4n) is 1.58. The molecule has 4 nitrogen and oxygen atoms in total. The summed E-state index contributed by atoms with van der Waals surface area (Å²) in [4.78, 5) is 10.1. The highest BCUT2D eigenvalue weighted by atomic mass is 35.5. The van der Waals surface area contributed by atoms with Crippen molar-refractivity contribution in [2.75, 3.05) is 0 Å². The lowest BCUT2D eigenvalue weighted by molar-refractivity contribution is -0.384. The third kappa shape index (κ3) is 3.33. The van der Waals surface area contributed by atoms with E-state index in [1.54, 1.807) is 18.2 Å². The predicted octanol–water partition coefficient (Wildman–Crippen LogP) is 5.43. The molecule has 20 heavy (non-hydrogen) atoms. The first-order chi connectivity index (χ1) is 9.51. The Labute approximate surface area is 130 Å². The van der Waals surface area contributed by atoms with Crippen LogP contribution in [-0.2, 0) is 5.88 Å². The maximum atomic E-state index is 10.7. The van der Waals surface area contributed by atoms with Crippen LogP contribution in [0.5, 0.6) is 11.5 Å². The zero-order valence-electron chi connectivity index (χ0n) is 9.98. The minimum absolute atomic E-state index is 0.00823. The molecule has 0 heterocycles. The number of rotatable bonds is 4. The predicted molar refractivity (Wildman–Crippen MR) is 79.2 cm³/mol. The molecule has 0 unspecified atom stereocenters.